The number of nitrogens with zero attached hydrogens (tertiary/aromatic N) is 2. The summed E-state index contributed by atoms with van der Waals surface area (Å²) in [7, 11) is -1.66. The van der Waals surface area contributed by atoms with Gasteiger partial charge in [-0.05, 0) is 12.3 Å². The third-order valence-electron chi connectivity index (χ3n) is 2.53. The summed E-state index contributed by atoms with van der Waals surface area (Å²) in [6.45, 7) is 5.55. The van der Waals surface area contributed by atoms with Crippen LogP contribution in [0, 0.1) is 5.92 Å². The van der Waals surface area contributed by atoms with E-state index >= 15 is 0 Å². The molecule has 2 N–H and O–H groups in total. The number of rotatable bonds is 4. The lowest BCUT2D eigenvalue weighted by molar-refractivity contribution is 0.366. The van der Waals surface area contributed by atoms with Gasteiger partial charge in [0.2, 0.25) is 0 Å². The van der Waals surface area contributed by atoms with Crippen LogP contribution in [0.15, 0.2) is 0 Å². The van der Waals surface area contributed by atoms with Crippen LogP contribution in [-0.4, -0.2) is 49.8 Å². The first-order valence-corrected chi connectivity index (χ1v) is 6.70. The van der Waals surface area contributed by atoms with Crippen molar-refractivity contribution in [2.45, 2.75) is 26.3 Å². The van der Waals surface area contributed by atoms with Crippen LogP contribution in [-0.2, 0) is 10.2 Å². The van der Waals surface area contributed by atoms with E-state index in [0.29, 0.717) is 25.6 Å². The van der Waals surface area contributed by atoms with Crippen LogP contribution in [0.3, 0.4) is 0 Å². The van der Waals surface area contributed by atoms with Crippen molar-refractivity contribution >= 4 is 22.6 Å². The van der Waals surface area contributed by atoms with E-state index in [-0.39, 0.29) is 18.4 Å². The summed E-state index contributed by atoms with van der Waals surface area (Å²) < 4.78 is 26.9. The molecule has 1 aliphatic rings. The minimum absolute atomic E-state index is 0. The van der Waals surface area contributed by atoms with E-state index in [4.69, 9.17) is 5.73 Å². The topological polar surface area (TPSA) is 66.6 Å². The van der Waals surface area contributed by atoms with Gasteiger partial charge in [-0.25, -0.2) is 0 Å². The molecule has 7 heteroatoms. The van der Waals surface area contributed by atoms with E-state index in [1.807, 2.05) is 13.8 Å². The van der Waals surface area contributed by atoms with Crippen molar-refractivity contribution in [1.29, 1.82) is 0 Å². The van der Waals surface area contributed by atoms with Crippen molar-refractivity contribution < 1.29 is 8.42 Å². The maximum absolute atomic E-state index is 12.0. The van der Waals surface area contributed by atoms with Crippen LogP contribution < -0.4 is 5.73 Å². The first-order chi connectivity index (χ1) is 6.84. The second-order valence-corrected chi connectivity index (χ2v) is 6.62. The highest BCUT2D eigenvalue weighted by Gasteiger charge is 2.32. The minimum atomic E-state index is -3.28. The molecule has 1 unspecified atom stereocenters. The molecule has 16 heavy (non-hydrogen) atoms. The van der Waals surface area contributed by atoms with Gasteiger partial charge in [0.1, 0.15) is 0 Å². The molecule has 1 rings (SSSR count). The Balaban J connectivity index is 0.00000225. The molecule has 1 aliphatic heterocycles. The van der Waals surface area contributed by atoms with Crippen molar-refractivity contribution in [1.82, 2.24) is 8.61 Å². The zero-order valence-corrected chi connectivity index (χ0v) is 11.7. The highest BCUT2D eigenvalue weighted by atomic mass is 35.5. The molecule has 0 spiro atoms. The molecule has 0 aromatic carbocycles. The molecule has 1 fully saturated rings. The normalized spacial score (nSPS) is 22.8. The van der Waals surface area contributed by atoms with Crippen LogP contribution >= 0.6 is 12.4 Å². The van der Waals surface area contributed by atoms with E-state index in [1.54, 1.807) is 7.05 Å². The maximum Gasteiger partial charge on any atom is 0.281 e. The molecule has 0 aromatic rings. The molecule has 1 atom stereocenters. The van der Waals surface area contributed by atoms with Gasteiger partial charge < -0.3 is 5.73 Å². The zero-order chi connectivity index (χ0) is 11.6. The zero-order valence-electron chi connectivity index (χ0n) is 10.1. The summed E-state index contributed by atoms with van der Waals surface area (Å²) in [5.74, 6) is 0.334. The Kier molecular flexibility index (Phi) is 6.21. The second kappa shape index (κ2) is 6.16. The van der Waals surface area contributed by atoms with Gasteiger partial charge in [-0.2, -0.15) is 17.0 Å². The van der Waals surface area contributed by atoms with E-state index < -0.39 is 10.2 Å². The predicted molar refractivity (Wildman–Crippen MR) is 67.8 cm³/mol. The molecule has 0 aromatic heterocycles. The lowest BCUT2D eigenvalue weighted by atomic mass is 10.2. The number of halogens is 1. The van der Waals surface area contributed by atoms with Crippen molar-refractivity contribution in [3.05, 3.63) is 0 Å². The van der Waals surface area contributed by atoms with Crippen LogP contribution in [0.5, 0.6) is 0 Å². The molecule has 0 bridgehead atoms. The largest absolute Gasteiger partial charge is 0.326 e. The van der Waals surface area contributed by atoms with Gasteiger partial charge in [0.15, 0.2) is 0 Å². The number of nitrogens with two attached hydrogens (primary N) is 1. The van der Waals surface area contributed by atoms with E-state index in [0.717, 1.165) is 6.42 Å². The first kappa shape index (κ1) is 16.1. The van der Waals surface area contributed by atoms with Crippen LogP contribution in [0.25, 0.3) is 0 Å². The van der Waals surface area contributed by atoms with Gasteiger partial charge in [-0.1, -0.05) is 13.8 Å². The molecular weight excluding hydrogens is 250 g/mol. The van der Waals surface area contributed by atoms with E-state index in [2.05, 4.69) is 0 Å². The molecule has 98 valence electrons. The van der Waals surface area contributed by atoms with Gasteiger partial charge in [0.25, 0.3) is 10.2 Å². The van der Waals surface area contributed by atoms with Crippen LogP contribution in [0.1, 0.15) is 20.3 Å². The summed E-state index contributed by atoms with van der Waals surface area (Å²) in [6, 6.07) is -0.00720. The molecule has 1 saturated heterocycles. The quantitative estimate of drug-likeness (QED) is 0.798. The number of hydrogen-bond donors (Lipinski definition) is 1. The molecule has 0 amide bonds. The predicted octanol–water partition coefficient (Wildman–Crippen LogP) is 0.274. The Hall–Kier alpha value is 0.120. The third kappa shape index (κ3) is 3.85. The van der Waals surface area contributed by atoms with Crippen molar-refractivity contribution in [2.24, 2.45) is 11.7 Å². The van der Waals surface area contributed by atoms with E-state index in [1.165, 1.54) is 8.61 Å². The molecule has 0 radical (unpaired) electrons. The smallest absolute Gasteiger partial charge is 0.281 e. The monoisotopic (exact) mass is 271 g/mol. The molecular formula is C9H22ClN3O2S. The lowest BCUT2D eigenvalue weighted by Crippen LogP contribution is -2.43. The van der Waals surface area contributed by atoms with Gasteiger partial charge >= 0.3 is 0 Å². The van der Waals surface area contributed by atoms with Gasteiger partial charge in [0, 0.05) is 32.7 Å². The van der Waals surface area contributed by atoms with Crippen LogP contribution in [0.2, 0.25) is 0 Å². The third-order valence-corrected chi connectivity index (χ3v) is 4.45. The Morgan fingerprint density at radius 3 is 2.44 bits per heavy atom. The molecule has 0 aliphatic carbocycles. The molecule has 0 saturated carbocycles. The summed E-state index contributed by atoms with van der Waals surface area (Å²) in [4.78, 5) is 0. The van der Waals surface area contributed by atoms with Gasteiger partial charge in [-0.3, -0.25) is 0 Å². The average molecular weight is 272 g/mol. The van der Waals surface area contributed by atoms with Crippen molar-refractivity contribution in [3.8, 4) is 0 Å². The molecule has 1 heterocycles. The maximum atomic E-state index is 12.0. The Labute approximate surface area is 105 Å². The fourth-order valence-electron chi connectivity index (χ4n) is 1.77. The van der Waals surface area contributed by atoms with Crippen LogP contribution in [0.4, 0.5) is 0 Å². The highest BCUT2D eigenvalue weighted by Crippen LogP contribution is 2.15. The first-order valence-electron chi connectivity index (χ1n) is 5.31. The summed E-state index contributed by atoms with van der Waals surface area (Å²) in [5.41, 5.74) is 5.70. The Morgan fingerprint density at radius 1 is 1.50 bits per heavy atom. The highest BCUT2D eigenvalue weighted by molar-refractivity contribution is 7.86. The van der Waals surface area contributed by atoms with Gasteiger partial charge in [0.05, 0.1) is 0 Å². The lowest BCUT2D eigenvalue weighted by Gasteiger charge is -2.25. The Bertz CT molecular complexity index is 308. The standard InChI is InChI=1S/C9H21N3O2S.ClH/c1-8(2)6-11(3)15(13,14)12-5-4-9(10)7-12;/h8-9H,4-7,10H2,1-3H3;1H. The molecule has 5 nitrogen and oxygen atoms in total. The fraction of sp³-hybridized carbons (Fsp3) is 1.00. The van der Waals surface area contributed by atoms with E-state index in [9.17, 15) is 8.42 Å². The van der Waals surface area contributed by atoms with Crippen molar-refractivity contribution in [2.75, 3.05) is 26.7 Å². The summed E-state index contributed by atoms with van der Waals surface area (Å²) in [5, 5.41) is 0. The minimum Gasteiger partial charge on any atom is -0.326 e. The summed E-state index contributed by atoms with van der Waals surface area (Å²) >= 11 is 0. The second-order valence-electron chi connectivity index (χ2n) is 4.59. The fourth-order valence-corrected chi connectivity index (χ4v) is 3.37. The SMILES string of the molecule is CC(C)CN(C)S(=O)(=O)N1CCC(N)C1.Cl. The number of hydrogen-bond acceptors (Lipinski definition) is 3. The summed E-state index contributed by atoms with van der Waals surface area (Å²) in [6.07, 6.45) is 0.759. The van der Waals surface area contributed by atoms with Crippen molar-refractivity contribution in [3.63, 3.8) is 0 Å². The average Bonchev–Trinajstić information content (AvgIpc) is 2.50. The van der Waals surface area contributed by atoms with Gasteiger partial charge in [-0.15, -0.1) is 12.4 Å². The Morgan fingerprint density at radius 2 is 2.06 bits per heavy atom.